The quantitative estimate of drug-likeness (QED) is 0.676. The number of benzene rings is 1. The first-order valence-corrected chi connectivity index (χ1v) is 6.98. The predicted molar refractivity (Wildman–Crippen MR) is 76.6 cm³/mol. The molecule has 106 valence electrons. The van der Waals surface area contributed by atoms with Crippen LogP contribution in [0.15, 0.2) is 39.8 Å². The van der Waals surface area contributed by atoms with Crippen LogP contribution in [0.5, 0.6) is 0 Å². The Kier molecular flexibility index (Phi) is 3.85. The second kappa shape index (κ2) is 5.28. The van der Waals surface area contributed by atoms with Crippen molar-refractivity contribution < 1.29 is 14.8 Å². The van der Waals surface area contributed by atoms with Crippen molar-refractivity contribution >= 4 is 23.2 Å². The first-order valence-electron chi connectivity index (χ1n) is 6.16. The molecule has 0 saturated carbocycles. The Morgan fingerprint density at radius 1 is 1.25 bits per heavy atom. The molecular formula is C14H15NO4S. The fourth-order valence-electron chi connectivity index (χ4n) is 2.14. The lowest BCUT2D eigenvalue weighted by atomic mass is 9.79. The molecule has 1 aliphatic rings. The molecule has 1 N–H and O–H groups in total. The maximum absolute atomic E-state index is 12.1. The number of Topliss-reactive ketones (excluding diaryl/α,β-unsaturated/α-hetero) is 1. The number of carbonyl (C=O) groups is 1. The third-order valence-corrected chi connectivity index (χ3v) is 4.24. The van der Waals surface area contributed by atoms with E-state index in [9.17, 15) is 20.0 Å². The van der Waals surface area contributed by atoms with E-state index < -0.39 is 4.92 Å². The fraction of sp³-hybridized carbons (Fsp3) is 0.357. The first-order chi connectivity index (χ1) is 9.28. The zero-order valence-electron chi connectivity index (χ0n) is 11.3. The van der Waals surface area contributed by atoms with Gasteiger partial charge in [0.2, 0.25) is 0 Å². The van der Waals surface area contributed by atoms with Gasteiger partial charge in [-0.1, -0.05) is 25.6 Å². The molecule has 0 fully saturated rings. The van der Waals surface area contributed by atoms with Crippen molar-refractivity contribution in [2.75, 3.05) is 0 Å². The highest BCUT2D eigenvalue weighted by Gasteiger charge is 2.33. The number of thioether (sulfide) groups is 1. The number of nitro groups is 1. The van der Waals surface area contributed by atoms with Gasteiger partial charge in [0.15, 0.2) is 5.78 Å². The number of hydrogen-bond donors (Lipinski definition) is 1. The predicted octanol–water partition coefficient (Wildman–Crippen LogP) is 3.85. The van der Waals surface area contributed by atoms with Crippen molar-refractivity contribution in [2.45, 2.75) is 31.6 Å². The molecule has 1 aliphatic carbocycles. The van der Waals surface area contributed by atoms with Crippen LogP contribution in [0.2, 0.25) is 0 Å². The average Bonchev–Trinajstić information content (AvgIpc) is 2.33. The van der Waals surface area contributed by atoms with E-state index in [2.05, 4.69) is 0 Å². The van der Waals surface area contributed by atoms with Crippen LogP contribution in [0, 0.1) is 15.5 Å². The van der Waals surface area contributed by atoms with E-state index in [1.165, 1.54) is 12.1 Å². The van der Waals surface area contributed by atoms with Gasteiger partial charge >= 0.3 is 0 Å². The van der Waals surface area contributed by atoms with Crippen molar-refractivity contribution in [1.82, 2.24) is 0 Å². The van der Waals surface area contributed by atoms with E-state index in [1.807, 2.05) is 13.8 Å². The second-order valence-corrected chi connectivity index (χ2v) is 6.65. The van der Waals surface area contributed by atoms with Crippen molar-refractivity contribution in [3.63, 3.8) is 0 Å². The Labute approximate surface area is 120 Å². The molecule has 0 bridgehead atoms. The number of aliphatic hydroxyl groups is 1. The summed E-state index contributed by atoms with van der Waals surface area (Å²) < 4.78 is 0. The van der Waals surface area contributed by atoms with Crippen LogP contribution in [0.4, 0.5) is 5.69 Å². The van der Waals surface area contributed by atoms with Crippen LogP contribution in [0.1, 0.15) is 26.7 Å². The summed E-state index contributed by atoms with van der Waals surface area (Å²) in [5.41, 5.74) is -0.218. The molecule has 0 heterocycles. The molecular weight excluding hydrogens is 278 g/mol. The van der Waals surface area contributed by atoms with Crippen LogP contribution < -0.4 is 0 Å². The average molecular weight is 293 g/mol. The van der Waals surface area contributed by atoms with E-state index in [1.54, 1.807) is 12.1 Å². The molecule has 0 aromatic heterocycles. The zero-order chi connectivity index (χ0) is 14.9. The molecule has 0 radical (unpaired) electrons. The maximum Gasteiger partial charge on any atom is 0.269 e. The minimum absolute atomic E-state index is 0.00338. The molecule has 6 heteroatoms. The number of rotatable bonds is 3. The summed E-state index contributed by atoms with van der Waals surface area (Å²) in [5, 5.41) is 20.6. The number of allylic oxidation sites excluding steroid dienone is 2. The number of ketones is 1. The van der Waals surface area contributed by atoms with E-state index in [4.69, 9.17) is 0 Å². The molecule has 0 amide bonds. The van der Waals surface area contributed by atoms with Gasteiger partial charge in [0, 0.05) is 29.9 Å². The standard InChI is InChI=1S/C14H15NO4S/c1-14(2)7-11(16)13(12(17)8-14)20-10-5-3-9(4-6-10)15(18)19/h3-6,16H,7-8H2,1-2H3. The van der Waals surface area contributed by atoms with Crippen LogP contribution in [0.3, 0.4) is 0 Å². The van der Waals surface area contributed by atoms with Gasteiger partial charge in [-0.05, 0) is 17.5 Å². The lowest BCUT2D eigenvalue weighted by molar-refractivity contribution is -0.384. The summed E-state index contributed by atoms with van der Waals surface area (Å²) in [6.45, 7) is 3.88. The topological polar surface area (TPSA) is 80.4 Å². The van der Waals surface area contributed by atoms with Crippen LogP contribution in [-0.2, 0) is 4.79 Å². The maximum atomic E-state index is 12.1. The normalized spacial score (nSPS) is 18.2. The number of aliphatic hydroxyl groups excluding tert-OH is 1. The highest BCUT2D eigenvalue weighted by atomic mass is 32.2. The van der Waals surface area contributed by atoms with Gasteiger partial charge in [-0.3, -0.25) is 14.9 Å². The highest BCUT2D eigenvalue weighted by Crippen LogP contribution is 2.41. The van der Waals surface area contributed by atoms with Crippen LogP contribution >= 0.6 is 11.8 Å². The lowest BCUT2D eigenvalue weighted by Gasteiger charge is -2.29. The highest BCUT2D eigenvalue weighted by molar-refractivity contribution is 8.04. The monoisotopic (exact) mass is 293 g/mol. The Morgan fingerprint density at radius 3 is 2.35 bits per heavy atom. The van der Waals surface area contributed by atoms with Crippen molar-refractivity contribution in [1.29, 1.82) is 0 Å². The molecule has 20 heavy (non-hydrogen) atoms. The van der Waals surface area contributed by atoms with Gasteiger partial charge in [-0.15, -0.1) is 0 Å². The van der Waals surface area contributed by atoms with Crippen molar-refractivity contribution in [3.8, 4) is 0 Å². The first kappa shape index (κ1) is 14.6. The molecule has 1 aromatic carbocycles. The molecule has 0 spiro atoms. The minimum atomic E-state index is -0.473. The van der Waals surface area contributed by atoms with E-state index in [0.29, 0.717) is 22.6 Å². The van der Waals surface area contributed by atoms with E-state index >= 15 is 0 Å². The molecule has 2 rings (SSSR count). The van der Waals surface area contributed by atoms with Gasteiger partial charge in [0.1, 0.15) is 5.76 Å². The molecule has 5 nitrogen and oxygen atoms in total. The van der Waals surface area contributed by atoms with Gasteiger partial charge < -0.3 is 5.11 Å². The largest absolute Gasteiger partial charge is 0.511 e. The lowest BCUT2D eigenvalue weighted by Crippen LogP contribution is -2.24. The summed E-state index contributed by atoms with van der Waals surface area (Å²) in [6.07, 6.45) is 0.862. The number of nitrogens with zero attached hydrogens (tertiary/aromatic N) is 1. The van der Waals surface area contributed by atoms with Gasteiger partial charge in [-0.2, -0.15) is 0 Å². The molecule has 0 atom stereocenters. The Hall–Kier alpha value is -1.82. The number of nitro benzene ring substituents is 1. The summed E-state index contributed by atoms with van der Waals surface area (Å²) in [5.74, 6) is 0.0247. The van der Waals surface area contributed by atoms with Gasteiger partial charge in [0.05, 0.1) is 9.83 Å². The Balaban J connectivity index is 2.21. The smallest absolute Gasteiger partial charge is 0.269 e. The fourth-order valence-corrected chi connectivity index (χ4v) is 3.03. The third-order valence-electron chi connectivity index (χ3n) is 3.07. The summed E-state index contributed by atoms with van der Waals surface area (Å²) >= 11 is 1.16. The van der Waals surface area contributed by atoms with Gasteiger partial charge in [0.25, 0.3) is 5.69 Å². The molecule has 1 aromatic rings. The Morgan fingerprint density at radius 2 is 1.85 bits per heavy atom. The second-order valence-electron chi connectivity index (χ2n) is 5.57. The summed E-state index contributed by atoms with van der Waals surface area (Å²) in [6, 6.07) is 5.93. The minimum Gasteiger partial charge on any atom is -0.511 e. The zero-order valence-corrected chi connectivity index (χ0v) is 12.1. The number of non-ortho nitro benzene ring substituents is 1. The number of hydrogen-bond acceptors (Lipinski definition) is 5. The summed E-state index contributed by atoms with van der Waals surface area (Å²) in [4.78, 5) is 23.2. The van der Waals surface area contributed by atoms with Gasteiger partial charge in [-0.25, -0.2) is 0 Å². The van der Waals surface area contributed by atoms with Crippen LogP contribution in [-0.4, -0.2) is 15.8 Å². The molecule has 0 saturated heterocycles. The van der Waals surface area contributed by atoms with E-state index in [0.717, 1.165) is 11.8 Å². The van der Waals surface area contributed by atoms with Crippen molar-refractivity contribution in [3.05, 3.63) is 45.0 Å². The Bertz CT molecular complexity index is 590. The van der Waals surface area contributed by atoms with Crippen molar-refractivity contribution in [2.24, 2.45) is 5.41 Å². The number of carbonyl (C=O) groups excluding carboxylic acids is 1. The SMILES string of the molecule is CC1(C)CC(=O)C(Sc2ccc([N+](=O)[O-])cc2)=C(O)C1. The molecule has 0 unspecified atom stereocenters. The van der Waals surface area contributed by atoms with Crippen LogP contribution in [0.25, 0.3) is 0 Å². The summed E-state index contributed by atoms with van der Waals surface area (Å²) in [7, 11) is 0. The van der Waals surface area contributed by atoms with E-state index in [-0.39, 0.29) is 22.6 Å². The third kappa shape index (κ3) is 3.19. The molecule has 0 aliphatic heterocycles.